The minimum atomic E-state index is 0.770. The van der Waals surface area contributed by atoms with Gasteiger partial charge in [-0.3, -0.25) is 0 Å². The topological polar surface area (TPSA) is 36.1 Å². The van der Waals surface area contributed by atoms with Gasteiger partial charge in [0.05, 0.1) is 0 Å². The summed E-state index contributed by atoms with van der Waals surface area (Å²) in [5.41, 5.74) is 0. The second-order valence-corrected chi connectivity index (χ2v) is 8.98. The number of rotatable bonds is 0. The molecular weight excluding hydrogens is 294 g/mol. The van der Waals surface area contributed by atoms with Crippen molar-refractivity contribution in [1.82, 2.24) is 16.0 Å². The summed E-state index contributed by atoms with van der Waals surface area (Å²) in [6, 6.07) is 2.31. The molecule has 3 aliphatic heterocycles. The van der Waals surface area contributed by atoms with Gasteiger partial charge in [0.15, 0.2) is 0 Å². The highest BCUT2D eigenvalue weighted by Crippen LogP contribution is 2.13. The molecular formula is C21H45N3. The van der Waals surface area contributed by atoms with Crippen LogP contribution in [0.5, 0.6) is 0 Å². The smallest absolute Gasteiger partial charge is 0.00389 e. The van der Waals surface area contributed by atoms with E-state index in [1.54, 1.807) is 0 Å². The summed E-state index contributed by atoms with van der Waals surface area (Å²) in [6.45, 7) is 17.4. The molecule has 3 saturated heterocycles. The largest absolute Gasteiger partial charge is 0.314 e. The molecule has 3 fully saturated rings. The van der Waals surface area contributed by atoms with Crippen molar-refractivity contribution < 1.29 is 0 Å². The zero-order valence-electron chi connectivity index (χ0n) is 17.3. The van der Waals surface area contributed by atoms with Crippen LogP contribution in [0.15, 0.2) is 0 Å². The highest BCUT2D eigenvalue weighted by atomic mass is 14.9. The van der Waals surface area contributed by atoms with Crippen LogP contribution in [-0.4, -0.2) is 37.8 Å². The van der Waals surface area contributed by atoms with E-state index in [2.05, 4.69) is 57.5 Å². The molecule has 0 saturated carbocycles. The minimum absolute atomic E-state index is 0.770. The Morgan fingerprint density at radius 1 is 0.417 bits per heavy atom. The molecule has 0 aromatic carbocycles. The van der Waals surface area contributed by atoms with Gasteiger partial charge >= 0.3 is 0 Å². The summed E-state index contributed by atoms with van der Waals surface area (Å²) >= 11 is 0. The summed E-state index contributed by atoms with van der Waals surface area (Å²) in [7, 11) is 0. The standard InChI is InChI=1S/3C7H15N/c3*1-6-3-4-7(2)8-5-6/h3*6-8H,3-5H2,1-2H3. The van der Waals surface area contributed by atoms with Crippen molar-refractivity contribution in [2.24, 2.45) is 17.8 Å². The Hall–Kier alpha value is -0.120. The Balaban J connectivity index is 0.000000180. The summed E-state index contributed by atoms with van der Waals surface area (Å²) in [6.07, 6.45) is 8.32. The van der Waals surface area contributed by atoms with E-state index in [0.717, 1.165) is 35.9 Å². The van der Waals surface area contributed by atoms with E-state index >= 15 is 0 Å². The average Bonchev–Trinajstić information content (AvgIpc) is 2.57. The predicted octanol–water partition coefficient (Wildman–Crippen LogP) is 4.18. The monoisotopic (exact) mass is 339 g/mol. The molecule has 0 amide bonds. The summed E-state index contributed by atoms with van der Waals surface area (Å²) in [5.74, 6) is 2.73. The first-order valence-corrected chi connectivity index (χ1v) is 10.6. The first-order chi connectivity index (χ1) is 11.4. The SMILES string of the molecule is CC1CCC(C)NC1.CC1CCC(C)NC1.CC1CCC(C)NC1. The molecule has 0 bridgehead atoms. The molecule has 3 heteroatoms. The van der Waals surface area contributed by atoms with Crippen molar-refractivity contribution in [3.63, 3.8) is 0 Å². The Kier molecular flexibility index (Phi) is 11.2. The van der Waals surface area contributed by atoms with Crippen LogP contribution in [0.2, 0.25) is 0 Å². The Bertz CT molecular complexity index is 206. The molecule has 3 N–H and O–H groups in total. The molecule has 0 aliphatic carbocycles. The van der Waals surface area contributed by atoms with Gasteiger partial charge in [-0.1, -0.05) is 20.8 Å². The van der Waals surface area contributed by atoms with Crippen molar-refractivity contribution >= 4 is 0 Å². The molecule has 0 aromatic rings. The number of hydrogen-bond acceptors (Lipinski definition) is 3. The highest BCUT2D eigenvalue weighted by molar-refractivity contribution is 4.72. The van der Waals surface area contributed by atoms with Crippen molar-refractivity contribution in [1.29, 1.82) is 0 Å². The predicted molar refractivity (Wildman–Crippen MR) is 108 cm³/mol. The van der Waals surface area contributed by atoms with E-state index in [4.69, 9.17) is 0 Å². The van der Waals surface area contributed by atoms with Crippen LogP contribution in [-0.2, 0) is 0 Å². The number of hydrogen-bond donors (Lipinski definition) is 3. The maximum Gasteiger partial charge on any atom is 0.00389 e. The van der Waals surface area contributed by atoms with Gasteiger partial charge in [-0.25, -0.2) is 0 Å². The van der Waals surface area contributed by atoms with Crippen LogP contribution >= 0.6 is 0 Å². The zero-order chi connectivity index (χ0) is 17.9. The molecule has 0 radical (unpaired) electrons. The van der Waals surface area contributed by atoms with Crippen LogP contribution < -0.4 is 16.0 Å². The van der Waals surface area contributed by atoms with E-state index < -0.39 is 0 Å². The van der Waals surface area contributed by atoms with Crippen LogP contribution in [0.3, 0.4) is 0 Å². The van der Waals surface area contributed by atoms with Gasteiger partial charge < -0.3 is 16.0 Å². The third-order valence-corrected chi connectivity index (χ3v) is 5.72. The molecule has 6 unspecified atom stereocenters. The van der Waals surface area contributed by atoms with Crippen molar-refractivity contribution in [2.45, 2.75) is 98.2 Å². The van der Waals surface area contributed by atoms with Crippen molar-refractivity contribution in [2.75, 3.05) is 19.6 Å². The van der Waals surface area contributed by atoms with Gasteiger partial charge in [0.1, 0.15) is 0 Å². The quantitative estimate of drug-likeness (QED) is 0.619. The lowest BCUT2D eigenvalue weighted by atomic mass is 9.98. The molecule has 24 heavy (non-hydrogen) atoms. The maximum atomic E-state index is 3.43. The van der Waals surface area contributed by atoms with Gasteiger partial charge in [-0.2, -0.15) is 0 Å². The lowest BCUT2D eigenvalue weighted by Gasteiger charge is -2.24. The van der Waals surface area contributed by atoms with Gasteiger partial charge in [-0.15, -0.1) is 0 Å². The Labute approximate surface area is 152 Å². The van der Waals surface area contributed by atoms with Gasteiger partial charge in [-0.05, 0) is 96.7 Å². The first kappa shape index (κ1) is 21.9. The van der Waals surface area contributed by atoms with Crippen LogP contribution in [0, 0.1) is 17.8 Å². The molecule has 3 heterocycles. The second-order valence-electron chi connectivity index (χ2n) is 8.98. The summed E-state index contributed by atoms with van der Waals surface area (Å²) in [5, 5.41) is 10.3. The second kappa shape index (κ2) is 12.3. The fourth-order valence-corrected chi connectivity index (χ4v) is 3.42. The van der Waals surface area contributed by atoms with Crippen LogP contribution in [0.4, 0.5) is 0 Å². The molecule has 0 spiro atoms. The first-order valence-electron chi connectivity index (χ1n) is 10.6. The van der Waals surface area contributed by atoms with E-state index in [9.17, 15) is 0 Å². The fourth-order valence-electron chi connectivity index (χ4n) is 3.42. The van der Waals surface area contributed by atoms with E-state index in [-0.39, 0.29) is 0 Å². The lowest BCUT2D eigenvalue weighted by Crippen LogP contribution is -2.35. The van der Waals surface area contributed by atoms with E-state index in [1.807, 2.05) is 0 Å². The van der Waals surface area contributed by atoms with E-state index in [1.165, 1.54) is 58.2 Å². The lowest BCUT2D eigenvalue weighted by molar-refractivity contribution is 0.343. The normalized spacial score (nSPS) is 39.8. The number of piperidine rings is 3. The average molecular weight is 340 g/mol. The summed E-state index contributed by atoms with van der Waals surface area (Å²) in [4.78, 5) is 0. The van der Waals surface area contributed by atoms with Crippen LogP contribution in [0.25, 0.3) is 0 Å². The van der Waals surface area contributed by atoms with Gasteiger partial charge in [0.25, 0.3) is 0 Å². The van der Waals surface area contributed by atoms with Gasteiger partial charge in [0, 0.05) is 18.1 Å². The fraction of sp³-hybridized carbons (Fsp3) is 1.00. The zero-order valence-corrected chi connectivity index (χ0v) is 17.3. The van der Waals surface area contributed by atoms with E-state index in [0.29, 0.717) is 0 Å². The van der Waals surface area contributed by atoms with Gasteiger partial charge in [0.2, 0.25) is 0 Å². The molecule has 0 aromatic heterocycles. The molecule has 3 nitrogen and oxygen atoms in total. The third-order valence-electron chi connectivity index (χ3n) is 5.72. The number of nitrogens with one attached hydrogen (secondary N) is 3. The molecule has 144 valence electrons. The Morgan fingerprint density at radius 3 is 0.792 bits per heavy atom. The maximum absolute atomic E-state index is 3.43. The van der Waals surface area contributed by atoms with Crippen molar-refractivity contribution in [3.05, 3.63) is 0 Å². The highest BCUT2D eigenvalue weighted by Gasteiger charge is 2.13. The van der Waals surface area contributed by atoms with Crippen LogP contribution in [0.1, 0.15) is 80.1 Å². The molecule has 3 aliphatic rings. The summed E-state index contributed by atoms with van der Waals surface area (Å²) < 4.78 is 0. The Morgan fingerprint density at radius 2 is 0.667 bits per heavy atom. The van der Waals surface area contributed by atoms with Crippen molar-refractivity contribution in [3.8, 4) is 0 Å². The minimum Gasteiger partial charge on any atom is -0.314 e. The third kappa shape index (κ3) is 10.7. The molecule has 3 rings (SSSR count). The molecule has 6 atom stereocenters.